The summed E-state index contributed by atoms with van der Waals surface area (Å²) in [5, 5.41) is 0. The maximum absolute atomic E-state index is 5.02. The van der Waals surface area contributed by atoms with E-state index in [9.17, 15) is 0 Å². The molecule has 34 heavy (non-hydrogen) atoms. The van der Waals surface area contributed by atoms with Crippen molar-refractivity contribution in [3.8, 4) is 0 Å². The third-order valence-corrected chi connectivity index (χ3v) is 6.41. The molecule has 0 unspecified atom stereocenters. The van der Waals surface area contributed by atoms with Gasteiger partial charge in [-0.05, 0) is 35.4 Å². The lowest BCUT2D eigenvalue weighted by Crippen LogP contribution is -2.10. The van der Waals surface area contributed by atoms with Crippen LogP contribution >= 0.6 is 0 Å². The zero-order valence-corrected chi connectivity index (χ0v) is 19.0. The zero-order valence-electron chi connectivity index (χ0n) is 19.0. The number of aromatic nitrogens is 4. The third kappa shape index (κ3) is 3.99. The summed E-state index contributed by atoms with van der Waals surface area (Å²) in [5.41, 5.74) is 7.02. The topological polar surface area (TPSA) is 35.6 Å². The monoisotopic (exact) mass is 442 g/mol. The minimum atomic E-state index is 0.817. The first-order chi connectivity index (χ1) is 16.8. The van der Waals surface area contributed by atoms with Crippen molar-refractivity contribution >= 4 is 22.1 Å². The molecule has 0 radical (unpaired) electrons. The van der Waals surface area contributed by atoms with Gasteiger partial charge in [0.1, 0.15) is 11.6 Å². The van der Waals surface area contributed by atoms with Gasteiger partial charge in [-0.25, -0.2) is 9.97 Å². The van der Waals surface area contributed by atoms with Crippen molar-refractivity contribution in [2.24, 2.45) is 0 Å². The molecule has 0 aliphatic carbocycles. The average Bonchev–Trinajstić information content (AvgIpc) is 3.42. The lowest BCUT2D eigenvalue weighted by molar-refractivity contribution is 0.684. The molecule has 6 aromatic rings. The number of benzene rings is 4. The predicted octanol–water partition coefficient (Wildman–Crippen LogP) is 6.27. The minimum Gasteiger partial charge on any atom is -0.323 e. The van der Waals surface area contributed by atoms with Gasteiger partial charge in [-0.3, -0.25) is 0 Å². The van der Waals surface area contributed by atoms with Gasteiger partial charge in [0.15, 0.2) is 0 Å². The molecule has 2 aromatic heterocycles. The van der Waals surface area contributed by atoms with Gasteiger partial charge in [0.25, 0.3) is 0 Å². The van der Waals surface area contributed by atoms with E-state index in [1.165, 1.54) is 22.2 Å². The van der Waals surface area contributed by atoms with E-state index >= 15 is 0 Å². The van der Waals surface area contributed by atoms with Gasteiger partial charge in [0.05, 0.1) is 22.1 Å². The number of fused-ring (bicyclic) bond motifs is 2. The van der Waals surface area contributed by atoms with E-state index in [2.05, 4.69) is 118 Å². The highest BCUT2D eigenvalue weighted by molar-refractivity contribution is 5.77. The highest BCUT2D eigenvalue weighted by Gasteiger charge is 2.15. The van der Waals surface area contributed by atoms with Crippen molar-refractivity contribution in [1.29, 1.82) is 0 Å². The predicted molar refractivity (Wildman–Crippen MR) is 138 cm³/mol. The van der Waals surface area contributed by atoms with E-state index in [4.69, 9.17) is 9.97 Å². The first-order valence-electron chi connectivity index (χ1n) is 11.8. The Morgan fingerprint density at radius 1 is 0.441 bits per heavy atom. The van der Waals surface area contributed by atoms with E-state index in [1.54, 1.807) is 0 Å². The van der Waals surface area contributed by atoms with Crippen LogP contribution in [-0.2, 0) is 25.9 Å². The van der Waals surface area contributed by atoms with E-state index in [0.717, 1.165) is 48.6 Å². The second-order valence-corrected chi connectivity index (χ2v) is 8.68. The maximum Gasteiger partial charge on any atom is 0.110 e. The van der Waals surface area contributed by atoms with E-state index in [1.807, 2.05) is 0 Å². The molecular formula is C30H26N4. The average molecular weight is 443 g/mol. The van der Waals surface area contributed by atoms with Gasteiger partial charge in [-0.15, -0.1) is 0 Å². The number of imidazole rings is 2. The SMILES string of the molecule is c1ccc(Cn2c(CCc3nc4ccccc4n3Cc3ccccc3)nc3ccccc32)cc1. The van der Waals surface area contributed by atoms with Gasteiger partial charge in [0.2, 0.25) is 0 Å². The molecule has 0 aliphatic heterocycles. The highest BCUT2D eigenvalue weighted by Crippen LogP contribution is 2.22. The molecule has 0 saturated heterocycles. The summed E-state index contributed by atoms with van der Waals surface area (Å²) in [6.07, 6.45) is 1.67. The summed E-state index contributed by atoms with van der Waals surface area (Å²) in [4.78, 5) is 10.0. The van der Waals surface area contributed by atoms with Crippen LogP contribution < -0.4 is 0 Å². The van der Waals surface area contributed by atoms with Crippen molar-refractivity contribution in [2.75, 3.05) is 0 Å². The summed E-state index contributed by atoms with van der Waals surface area (Å²) >= 11 is 0. The molecule has 2 heterocycles. The Balaban J connectivity index is 1.35. The molecule has 0 bridgehead atoms. The van der Waals surface area contributed by atoms with Crippen molar-refractivity contribution < 1.29 is 0 Å². The lowest BCUT2D eigenvalue weighted by Gasteiger charge is -2.11. The number of hydrogen-bond acceptors (Lipinski definition) is 2. The number of hydrogen-bond donors (Lipinski definition) is 0. The molecule has 4 heteroatoms. The fraction of sp³-hybridized carbons (Fsp3) is 0.133. The van der Waals surface area contributed by atoms with Crippen LogP contribution in [0.1, 0.15) is 22.8 Å². The Morgan fingerprint density at radius 2 is 0.824 bits per heavy atom. The molecule has 4 aromatic carbocycles. The van der Waals surface area contributed by atoms with Crippen LogP contribution in [0.2, 0.25) is 0 Å². The summed E-state index contributed by atoms with van der Waals surface area (Å²) in [5.74, 6) is 2.20. The number of rotatable bonds is 7. The molecule has 166 valence electrons. The molecule has 0 saturated carbocycles. The fourth-order valence-electron chi connectivity index (χ4n) is 4.74. The van der Waals surface area contributed by atoms with Gasteiger partial charge in [0, 0.05) is 25.9 Å². The lowest BCUT2D eigenvalue weighted by atomic mass is 10.2. The molecule has 6 rings (SSSR count). The Labute approximate surface area is 199 Å². The first kappa shape index (κ1) is 20.4. The van der Waals surface area contributed by atoms with E-state index in [0.29, 0.717) is 0 Å². The largest absolute Gasteiger partial charge is 0.323 e. The van der Waals surface area contributed by atoms with E-state index < -0.39 is 0 Å². The quantitative estimate of drug-likeness (QED) is 0.292. The summed E-state index contributed by atoms with van der Waals surface area (Å²) in [7, 11) is 0. The van der Waals surface area contributed by atoms with Gasteiger partial charge < -0.3 is 9.13 Å². The molecule has 0 atom stereocenters. The molecule has 0 N–H and O–H groups in total. The molecular weight excluding hydrogens is 416 g/mol. The van der Waals surface area contributed by atoms with Crippen LogP contribution in [0.3, 0.4) is 0 Å². The third-order valence-electron chi connectivity index (χ3n) is 6.41. The normalized spacial score (nSPS) is 11.4. The number of para-hydroxylation sites is 4. The Bertz CT molecular complexity index is 1430. The highest BCUT2D eigenvalue weighted by atomic mass is 15.1. The Kier molecular flexibility index (Phi) is 5.40. The van der Waals surface area contributed by atoms with Crippen molar-refractivity contribution in [3.63, 3.8) is 0 Å². The van der Waals surface area contributed by atoms with Gasteiger partial charge in [-0.2, -0.15) is 0 Å². The summed E-state index contributed by atoms with van der Waals surface area (Å²) < 4.78 is 4.71. The van der Waals surface area contributed by atoms with Crippen LogP contribution in [0.15, 0.2) is 109 Å². The Morgan fingerprint density at radius 3 is 1.26 bits per heavy atom. The van der Waals surface area contributed by atoms with Gasteiger partial charge in [-0.1, -0.05) is 84.9 Å². The van der Waals surface area contributed by atoms with Crippen molar-refractivity contribution in [3.05, 3.63) is 132 Å². The first-order valence-corrected chi connectivity index (χ1v) is 11.8. The standard InChI is InChI=1S/C30H26N4/c1-3-11-23(12-4-1)21-33-27-17-9-7-15-25(27)31-29(33)19-20-30-32-26-16-8-10-18-28(26)34(30)22-24-13-5-2-6-14-24/h1-18H,19-22H2. The van der Waals surface area contributed by atoms with Crippen LogP contribution in [-0.4, -0.2) is 19.1 Å². The van der Waals surface area contributed by atoms with Crippen LogP contribution in [0.4, 0.5) is 0 Å². The molecule has 0 spiro atoms. The zero-order chi connectivity index (χ0) is 22.7. The molecule has 0 aliphatic rings. The minimum absolute atomic E-state index is 0.817. The van der Waals surface area contributed by atoms with Crippen molar-refractivity contribution in [1.82, 2.24) is 19.1 Å². The second kappa shape index (κ2) is 8.99. The summed E-state index contributed by atoms with van der Waals surface area (Å²) in [6.45, 7) is 1.63. The molecule has 0 amide bonds. The van der Waals surface area contributed by atoms with Crippen LogP contribution in [0, 0.1) is 0 Å². The number of aryl methyl sites for hydroxylation is 2. The summed E-state index contributed by atoms with van der Waals surface area (Å²) in [6, 6.07) is 38.1. The van der Waals surface area contributed by atoms with Crippen LogP contribution in [0.5, 0.6) is 0 Å². The maximum atomic E-state index is 5.02. The smallest absolute Gasteiger partial charge is 0.110 e. The number of nitrogens with zero attached hydrogens (tertiary/aromatic N) is 4. The fourth-order valence-corrected chi connectivity index (χ4v) is 4.74. The Hall–Kier alpha value is -4.18. The van der Waals surface area contributed by atoms with Crippen LogP contribution in [0.25, 0.3) is 22.1 Å². The van der Waals surface area contributed by atoms with E-state index in [-0.39, 0.29) is 0 Å². The second-order valence-electron chi connectivity index (χ2n) is 8.68. The molecule has 4 nitrogen and oxygen atoms in total. The van der Waals surface area contributed by atoms with Gasteiger partial charge >= 0.3 is 0 Å². The molecule has 0 fully saturated rings. The van der Waals surface area contributed by atoms with Crippen molar-refractivity contribution in [2.45, 2.75) is 25.9 Å².